The lowest BCUT2D eigenvalue weighted by atomic mass is 9.99. The molecule has 0 saturated carbocycles. The summed E-state index contributed by atoms with van der Waals surface area (Å²) in [6, 6.07) is 8.46. The van der Waals surface area contributed by atoms with Gasteiger partial charge in [-0.05, 0) is 37.6 Å². The van der Waals surface area contributed by atoms with Crippen LogP contribution in [0.5, 0.6) is 5.75 Å². The summed E-state index contributed by atoms with van der Waals surface area (Å²) < 4.78 is 11.1. The van der Waals surface area contributed by atoms with Crippen molar-refractivity contribution in [2.24, 2.45) is 0 Å². The molecular formula is C15H25NO2. The molecule has 1 N–H and O–H groups in total. The summed E-state index contributed by atoms with van der Waals surface area (Å²) in [5.41, 5.74) is 1.22. The van der Waals surface area contributed by atoms with E-state index in [1.54, 1.807) is 7.11 Å². The number of hydrogen-bond acceptors (Lipinski definition) is 3. The molecule has 1 aromatic carbocycles. The molecule has 0 saturated heterocycles. The minimum atomic E-state index is 0.182. The van der Waals surface area contributed by atoms with Crippen LogP contribution in [0.2, 0.25) is 0 Å². The fourth-order valence-electron chi connectivity index (χ4n) is 2.19. The molecule has 1 rings (SSSR count). The highest BCUT2D eigenvalue weighted by Crippen LogP contribution is 2.24. The van der Waals surface area contributed by atoms with E-state index in [2.05, 4.69) is 31.3 Å². The summed E-state index contributed by atoms with van der Waals surface area (Å²) >= 11 is 0. The number of ether oxygens (including phenoxy) is 2. The first-order chi connectivity index (χ1) is 8.76. The van der Waals surface area contributed by atoms with Crippen molar-refractivity contribution in [3.63, 3.8) is 0 Å². The van der Waals surface area contributed by atoms with Crippen molar-refractivity contribution >= 4 is 0 Å². The molecule has 0 spiro atoms. The first-order valence-electron chi connectivity index (χ1n) is 6.75. The van der Waals surface area contributed by atoms with Gasteiger partial charge in [-0.1, -0.05) is 26.0 Å². The van der Waals surface area contributed by atoms with Crippen molar-refractivity contribution in [3.05, 3.63) is 29.8 Å². The number of nitrogens with one attached hydrogen (secondary N) is 1. The fraction of sp³-hybridized carbons (Fsp3) is 0.600. The molecular weight excluding hydrogens is 226 g/mol. The largest absolute Gasteiger partial charge is 0.494 e. The molecule has 2 unspecified atom stereocenters. The van der Waals surface area contributed by atoms with Gasteiger partial charge in [0.05, 0.1) is 18.8 Å². The number of likely N-dealkylation sites (N-methyl/N-ethyl adjacent to an activating group) is 1. The maximum Gasteiger partial charge on any atom is 0.119 e. The van der Waals surface area contributed by atoms with Gasteiger partial charge in [0.15, 0.2) is 0 Å². The van der Waals surface area contributed by atoms with Gasteiger partial charge in [-0.2, -0.15) is 0 Å². The van der Waals surface area contributed by atoms with Gasteiger partial charge >= 0.3 is 0 Å². The molecule has 0 fully saturated rings. The summed E-state index contributed by atoms with van der Waals surface area (Å²) in [6.45, 7) is 7.87. The lowest BCUT2D eigenvalue weighted by Crippen LogP contribution is -2.32. The quantitative estimate of drug-likeness (QED) is 0.770. The zero-order valence-corrected chi connectivity index (χ0v) is 11.9. The molecule has 0 amide bonds. The van der Waals surface area contributed by atoms with Gasteiger partial charge in [0.2, 0.25) is 0 Å². The summed E-state index contributed by atoms with van der Waals surface area (Å²) in [5.74, 6) is 0.920. The molecule has 0 aromatic heterocycles. The second-order valence-electron chi connectivity index (χ2n) is 4.22. The predicted molar refractivity (Wildman–Crippen MR) is 75.1 cm³/mol. The van der Waals surface area contributed by atoms with Crippen LogP contribution in [0.1, 0.15) is 38.8 Å². The topological polar surface area (TPSA) is 30.5 Å². The third kappa shape index (κ3) is 4.00. The number of benzene rings is 1. The maximum atomic E-state index is 5.57. The lowest BCUT2D eigenvalue weighted by molar-refractivity contribution is 0.0655. The van der Waals surface area contributed by atoms with Gasteiger partial charge in [0.25, 0.3) is 0 Å². The molecule has 18 heavy (non-hydrogen) atoms. The van der Waals surface area contributed by atoms with E-state index in [-0.39, 0.29) is 12.1 Å². The maximum absolute atomic E-state index is 5.57. The molecule has 0 aliphatic heterocycles. The normalized spacial score (nSPS) is 14.2. The predicted octanol–water partition coefficient (Wildman–Crippen LogP) is 3.16. The van der Waals surface area contributed by atoms with Crippen LogP contribution in [0.3, 0.4) is 0 Å². The zero-order valence-electron chi connectivity index (χ0n) is 11.9. The highest BCUT2D eigenvalue weighted by molar-refractivity contribution is 5.31. The van der Waals surface area contributed by atoms with Crippen LogP contribution >= 0.6 is 0 Å². The van der Waals surface area contributed by atoms with E-state index in [1.807, 2.05) is 19.1 Å². The monoisotopic (exact) mass is 251 g/mol. The first kappa shape index (κ1) is 15.0. The van der Waals surface area contributed by atoms with E-state index in [0.717, 1.165) is 18.7 Å². The van der Waals surface area contributed by atoms with Crippen molar-refractivity contribution in [3.8, 4) is 5.75 Å². The van der Waals surface area contributed by atoms with Crippen LogP contribution in [0.25, 0.3) is 0 Å². The van der Waals surface area contributed by atoms with Gasteiger partial charge in [-0.15, -0.1) is 0 Å². The van der Waals surface area contributed by atoms with Gasteiger partial charge in [-0.25, -0.2) is 0 Å². The van der Waals surface area contributed by atoms with Crippen LogP contribution in [0.4, 0.5) is 0 Å². The Morgan fingerprint density at radius 2 is 2.00 bits per heavy atom. The Kier molecular flexibility index (Phi) is 6.76. The Balaban J connectivity index is 2.93. The molecule has 0 heterocycles. The van der Waals surface area contributed by atoms with Crippen LogP contribution in [-0.4, -0.2) is 26.4 Å². The van der Waals surface area contributed by atoms with Gasteiger partial charge in [-0.3, -0.25) is 0 Å². The van der Waals surface area contributed by atoms with Crippen molar-refractivity contribution in [2.75, 3.05) is 20.3 Å². The Hall–Kier alpha value is -1.06. The molecule has 102 valence electrons. The third-order valence-electron chi connectivity index (χ3n) is 3.03. The van der Waals surface area contributed by atoms with Crippen molar-refractivity contribution in [2.45, 2.75) is 39.3 Å². The zero-order chi connectivity index (χ0) is 13.4. The summed E-state index contributed by atoms with van der Waals surface area (Å²) in [6.07, 6.45) is 1.16. The molecule has 3 nitrogen and oxygen atoms in total. The Labute approximate surface area is 110 Å². The standard InChI is InChI=1S/C15H25NO2/c1-5-14(17-4)15(16-6-2)12-9-8-10-13(11-12)18-7-3/h8-11,14-16H,5-7H2,1-4H3. The van der Waals surface area contributed by atoms with Gasteiger partial charge in [0.1, 0.15) is 5.75 Å². The second-order valence-corrected chi connectivity index (χ2v) is 4.22. The SMILES string of the molecule is CCNC(c1cccc(OCC)c1)C(CC)OC. The van der Waals surface area contributed by atoms with E-state index < -0.39 is 0 Å². The van der Waals surface area contributed by atoms with E-state index in [0.29, 0.717) is 6.61 Å². The molecule has 0 aliphatic carbocycles. The molecule has 0 bridgehead atoms. The van der Waals surface area contributed by atoms with Crippen LogP contribution < -0.4 is 10.1 Å². The third-order valence-corrected chi connectivity index (χ3v) is 3.03. The lowest BCUT2D eigenvalue weighted by Gasteiger charge is -2.26. The summed E-state index contributed by atoms with van der Waals surface area (Å²) in [5, 5.41) is 3.49. The Morgan fingerprint density at radius 3 is 2.56 bits per heavy atom. The van der Waals surface area contributed by atoms with Crippen LogP contribution in [-0.2, 0) is 4.74 Å². The van der Waals surface area contributed by atoms with E-state index in [4.69, 9.17) is 9.47 Å². The van der Waals surface area contributed by atoms with E-state index in [9.17, 15) is 0 Å². The van der Waals surface area contributed by atoms with Gasteiger partial charge in [0, 0.05) is 7.11 Å². The van der Waals surface area contributed by atoms with E-state index >= 15 is 0 Å². The first-order valence-corrected chi connectivity index (χ1v) is 6.75. The number of hydrogen-bond donors (Lipinski definition) is 1. The van der Waals surface area contributed by atoms with Crippen LogP contribution in [0.15, 0.2) is 24.3 Å². The fourth-order valence-corrected chi connectivity index (χ4v) is 2.19. The molecule has 0 radical (unpaired) electrons. The summed E-state index contributed by atoms with van der Waals surface area (Å²) in [7, 11) is 1.77. The average molecular weight is 251 g/mol. The molecule has 1 aromatic rings. The Morgan fingerprint density at radius 1 is 1.22 bits per heavy atom. The molecule has 0 aliphatic rings. The average Bonchev–Trinajstić information content (AvgIpc) is 2.40. The number of methoxy groups -OCH3 is 1. The summed E-state index contributed by atoms with van der Waals surface area (Å²) in [4.78, 5) is 0. The highest BCUT2D eigenvalue weighted by Gasteiger charge is 2.20. The van der Waals surface area contributed by atoms with Crippen molar-refractivity contribution in [1.82, 2.24) is 5.32 Å². The highest BCUT2D eigenvalue weighted by atomic mass is 16.5. The minimum absolute atomic E-state index is 0.182. The van der Waals surface area contributed by atoms with E-state index in [1.165, 1.54) is 5.56 Å². The minimum Gasteiger partial charge on any atom is -0.494 e. The number of rotatable bonds is 8. The van der Waals surface area contributed by atoms with Crippen LogP contribution in [0, 0.1) is 0 Å². The second kappa shape index (κ2) is 8.11. The van der Waals surface area contributed by atoms with Crippen molar-refractivity contribution in [1.29, 1.82) is 0 Å². The van der Waals surface area contributed by atoms with Gasteiger partial charge < -0.3 is 14.8 Å². The molecule has 2 atom stereocenters. The Bertz CT molecular complexity index is 337. The van der Waals surface area contributed by atoms with Crippen molar-refractivity contribution < 1.29 is 9.47 Å². The smallest absolute Gasteiger partial charge is 0.119 e. The molecule has 3 heteroatoms.